The zero-order chi connectivity index (χ0) is 25.1. The number of benzene rings is 2. The van der Waals surface area contributed by atoms with Crippen molar-refractivity contribution in [3.63, 3.8) is 0 Å². The number of nitrogens with zero attached hydrogens (tertiary/aromatic N) is 2. The number of amides is 1. The summed E-state index contributed by atoms with van der Waals surface area (Å²) in [5.74, 6) is 0.421. The van der Waals surface area contributed by atoms with Gasteiger partial charge in [0.2, 0.25) is 10.0 Å². The van der Waals surface area contributed by atoms with Crippen molar-refractivity contribution in [3.8, 4) is 11.5 Å². The second kappa shape index (κ2) is 13.3. The highest BCUT2D eigenvalue weighted by Crippen LogP contribution is 2.40. The van der Waals surface area contributed by atoms with E-state index >= 15 is 0 Å². The molecule has 7 nitrogen and oxygen atoms in total. The maximum Gasteiger partial charge on any atom is 0.253 e. The normalized spacial score (nSPS) is 11.3. The molecule has 188 valence electrons. The van der Waals surface area contributed by atoms with Crippen LogP contribution in [0.15, 0.2) is 47.4 Å². The molecule has 0 aliphatic heterocycles. The van der Waals surface area contributed by atoms with Crippen LogP contribution < -0.4 is 14.8 Å². The van der Waals surface area contributed by atoms with E-state index in [-0.39, 0.29) is 22.1 Å². The van der Waals surface area contributed by atoms with E-state index in [0.717, 1.165) is 51.6 Å². The van der Waals surface area contributed by atoms with E-state index < -0.39 is 10.0 Å². The highest BCUT2D eigenvalue weighted by Gasteiger charge is 2.27. The van der Waals surface area contributed by atoms with Gasteiger partial charge in [0.15, 0.2) is 5.75 Å². The van der Waals surface area contributed by atoms with Crippen LogP contribution in [0.4, 0.5) is 5.69 Å². The maximum absolute atomic E-state index is 13.2. The van der Waals surface area contributed by atoms with Gasteiger partial charge in [0.1, 0.15) is 10.6 Å². The molecule has 0 saturated heterocycles. The van der Waals surface area contributed by atoms with Gasteiger partial charge in [-0.15, -0.1) is 0 Å². The molecule has 0 radical (unpaired) electrons. The Hall–Kier alpha value is -2.58. The molecule has 0 fully saturated rings. The van der Waals surface area contributed by atoms with Gasteiger partial charge in [0.05, 0.1) is 5.69 Å². The lowest BCUT2D eigenvalue weighted by Crippen LogP contribution is -2.30. The number of anilines is 1. The number of hydrogen-bond donors (Lipinski definition) is 1. The molecule has 0 spiro atoms. The Balaban J connectivity index is 2.71. The predicted molar refractivity (Wildman–Crippen MR) is 138 cm³/mol. The lowest BCUT2D eigenvalue weighted by Gasteiger charge is -2.29. The largest absolute Gasteiger partial charge is 0.454 e. The Morgan fingerprint density at radius 3 is 2.00 bits per heavy atom. The lowest BCUT2D eigenvalue weighted by atomic mass is 10.1. The molecule has 0 saturated carbocycles. The number of ether oxygens (including phenoxy) is 1. The summed E-state index contributed by atoms with van der Waals surface area (Å²) in [5, 5.41) is 5.65. The first-order chi connectivity index (χ1) is 16.2. The zero-order valence-electron chi connectivity index (χ0n) is 20.9. The number of para-hydroxylation sites is 1. The summed E-state index contributed by atoms with van der Waals surface area (Å²) in [6.07, 6.45) is 5.64. The van der Waals surface area contributed by atoms with E-state index in [2.05, 4.69) is 25.7 Å². The van der Waals surface area contributed by atoms with Gasteiger partial charge in [-0.1, -0.05) is 58.2 Å². The summed E-state index contributed by atoms with van der Waals surface area (Å²) in [6.45, 7) is 8.30. The second-order valence-electron chi connectivity index (χ2n) is 8.56. The first-order valence-corrected chi connectivity index (χ1v) is 13.7. The van der Waals surface area contributed by atoms with Gasteiger partial charge in [-0.2, -0.15) is 0 Å². The van der Waals surface area contributed by atoms with Crippen LogP contribution in [-0.2, 0) is 10.0 Å². The Morgan fingerprint density at radius 2 is 1.47 bits per heavy atom. The average Bonchev–Trinajstić information content (AvgIpc) is 2.82. The van der Waals surface area contributed by atoms with Crippen molar-refractivity contribution in [2.75, 3.05) is 31.6 Å². The number of hydrogen-bond acceptors (Lipinski definition) is 5. The number of carbonyl (C=O) groups excluding carboxylic acids is 1. The first kappa shape index (κ1) is 27.7. The molecule has 2 aromatic rings. The number of rotatable bonds is 14. The standard InChI is InChI=1S/C26H39N3O4S/c1-5-8-16-28(4)26(30)21-19-23(29(17-9-6-2)18-10-7-3)25(24(20-21)34(27,31)32)33-22-14-12-11-13-15-22/h11-15,19-20H,5-10,16-18H2,1-4H3,(H2,27,31,32). The van der Waals surface area contributed by atoms with Crippen molar-refractivity contribution in [1.29, 1.82) is 0 Å². The Bertz CT molecular complexity index is 1020. The summed E-state index contributed by atoms with van der Waals surface area (Å²) in [6, 6.07) is 12.1. The molecule has 2 aromatic carbocycles. The van der Waals surface area contributed by atoms with Crippen molar-refractivity contribution in [2.45, 2.75) is 64.2 Å². The SMILES string of the molecule is CCCCN(C)C(=O)c1cc(N(CCCC)CCCC)c(Oc2ccccc2)c(S(N)(=O)=O)c1. The van der Waals surface area contributed by atoms with E-state index in [9.17, 15) is 13.2 Å². The molecule has 0 unspecified atom stereocenters. The molecule has 0 aliphatic rings. The van der Waals surface area contributed by atoms with Crippen LogP contribution >= 0.6 is 0 Å². The van der Waals surface area contributed by atoms with E-state index in [4.69, 9.17) is 9.88 Å². The molecular formula is C26H39N3O4S. The van der Waals surface area contributed by atoms with Crippen LogP contribution in [0.3, 0.4) is 0 Å². The van der Waals surface area contributed by atoms with Gasteiger partial charge >= 0.3 is 0 Å². The fourth-order valence-electron chi connectivity index (χ4n) is 3.63. The lowest BCUT2D eigenvalue weighted by molar-refractivity contribution is 0.0793. The van der Waals surface area contributed by atoms with Crippen molar-refractivity contribution in [1.82, 2.24) is 4.90 Å². The fraction of sp³-hybridized carbons (Fsp3) is 0.500. The first-order valence-electron chi connectivity index (χ1n) is 12.2. The van der Waals surface area contributed by atoms with Crippen LogP contribution in [0.1, 0.15) is 69.7 Å². The van der Waals surface area contributed by atoms with Crippen LogP contribution in [0.25, 0.3) is 0 Å². The topological polar surface area (TPSA) is 92.9 Å². The van der Waals surface area contributed by atoms with Crippen molar-refractivity contribution in [3.05, 3.63) is 48.0 Å². The minimum atomic E-state index is -4.17. The van der Waals surface area contributed by atoms with Crippen LogP contribution in [-0.4, -0.2) is 45.9 Å². The van der Waals surface area contributed by atoms with Crippen LogP contribution in [0, 0.1) is 0 Å². The van der Waals surface area contributed by atoms with Crippen molar-refractivity contribution in [2.24, 2.45) is 5.14 Å². The average molecular weight is 490 g/mol. The third kappa shape index (κ3) is 7.74. The molecule has 0 atom stereocenters. The van der Waals surface area contributed by atoms with Gasteiger partial charge in [0.25, 0.3) is 5.91 Å². The fourth-order valence-corrected chi connectivity index (χ4v) is 4.33. The van der Waals surface area contributed by atoms with Gasteiger partial charge in [-0.3, -0.25) is 4.79 Å². The summed E-state index contributed by atoms with van der Waals surface area (Å²) < 4.78 is 31.6. The quantitative estimate of drug-likeness (QED) is 0.383. The molecule has 2 N–H and O–H groups in total. The predicted octanol–water partition coefficient (Wildman–Crippen LogP) is 5.41. The van der Waals surface area contributed by atoms with Gasteiger partial charge in [0, 0.05) is 32.2 Å². The molecule has 34 heavy (non-hydrogen) atoms. The highest BCUT2D eigenvalue weighted by atomic mass is 32.2. The monoisotopic (exact) mass is 489 g/mol. The van der Waals surface area contributed by atoms with Crippen LogP contribution in [0.5, 0.6) is 11.5 Å². The number of unbranched alkanes of at least 4 members (excludes halogenated alkanes) is 3. The van der Waals surface area contributed by atoms with E-state index in [1.165, 1.54) is 6.07 Å². The number of nitrogens with two attached hydrogens (primary N) is 1. The molecule has 0 bridgehead atoms. The second-order valence-corrected chi connectivity index (χ2v) is 10.1. The third-order valence-corrected chi connectivity index (χ3v) is 6.57. The minimum absolute atomic E-state index is 0.161. The van der Waals surface area contributed by atoms with E-state index in [1.54, 1.807) is 30.1 Å². The summed E-state index contributed by atoms with van der Waals surface area (Å²) in [5.41, 5.74) is 0.862. The molecule has 1 amide bonds. The van der Waals surface area contributed by atoms with Crippen LogP contribution in [0.2, 0.25) is 0 Å². The Labute approximate surface area is 204 Å². The highest BCUT2D eigenvalue weighted by molar-refractivity contribution is 7.89. The summed E-state index contributed by atoms with van der Waals surface area (Å²) in [4.78, 5) is 16.8. The van der Waals surface area contributed by atoms with Crippen molar-refractivity contribution >= 4 is 21.6 Å². The Kier molecular flexibility index (Phi) is 10.9. The number of sulfonamides is 1. The molecule has 0 aromatic heterocycles. The molecule has 2 rings (SSSR count). The zero-order valence-corrected chi connectivity index (χ0v) is 21.7. The Morgan fingerprint density at radius 1 is 0.912 bits per heavy atom. The van der Waals surface area contributed by atoms with E-state index in [1.807, 2.05) is 18.2 Å². The molecule has 0 aliphatic carbocycles. The molecular weight excluding hydrogens is 450 g/mol. The van der Waals surface area contributed by atoms with E-state index in [0.29, 0.717) is 18.0 Å². The minimum Gasteiger partial charge on any atom is -0.454 e. The van der Waals surface area contributed by atoms with Gasteiger partial charge in [-0.25, -0.2) is 13.6 Å². The maximum atomic E-state index is 13.2. The van der Waals surface area contributed by atoms with Gasteiger partial charge in [-0.05, 0) is 43.5 Å². The number of primary sulfonamides is 1. The summed E-state index contributed by atoms with van der Waals surface area (Å²) >= 11 is 0. The smallest absolute Gasteiger partial charge is 0.253 e. The summed E-state index contributed by atoms with van der Waals surface area (Å²) in [7, 11) is -2.44. The van der Waals surface area contributed by atoms with Gasteiger partial charge < -0.3 is 14.5 Å². The third-order valence-electron chi connectivity index (χ3n) is 5.65. The molecule has 8 heteroatoms. The van der Waals surface area contributed by atoms with Crippen molar-refractivity contribution < 1.29 is 17.9 Å². The molecule has 0 heterocycles. The number of carbonyl (C=O) groups is 1.